The molecule has 2 unspecified atom stereocenters. The number of hydrogen-bond donors (Lipinski definition) is 1. The van der Waals surface area contributed by atoms with Crippen LogP contribution in [-0.2, 0) is 4.74 Å². The number of nitrogens with two attached hydrogens (primary N) is 1. The van der Waals surface area contributed by atoms with E-state index in [0.717, 1.165) is 31.7 Å². The summed E-state index contributed by atoms with van der Waals surface area (Å²) in [5.74, 6) is 0.146. The van der Waals surface area contributed by atoms with Gasteiger partial charge in [0.05, 0.1) is 11.6 Å². The lowest BCUT2D eigenvalue weighted by Gasteiger charge is -2.38. The number of hydrogen-bond acceptors (Lipinski definition) is 3. The van der Waals surface area contributed by atoms with Crippen LogP contribution >= 0.6 is 11.6 Å². The van der Waals surface area contributed by atoms with E-state index in [2.05, 4.69) is 4.90 Å². The van der Waals surface area contributed by atoms with E-state index in [1.807, 2.05) is 6.07 Å². The van der Waals surface area contributed by atoms with E-state index >= 15 is 0 Å². The molecule has 1 aliphatic heterocycles. The van der Waals surface area contributed by atoms with Gasteiger partial charge in [0.25, 0.3) is 0 Å². The number of nitrogens with zero attached hydrogens (tertiary/aromatic N) is 1. The fourth-order valence-corrected chi connectivity index (χ4v) is 3.09. The number of rotatable bonds is 5. The number of halogens is 2. The summed E-state index contributed by atoms with van der Waals surface area (Å²) in [6.07, 6.45) is 2.30. The first kappa shape index (κ1) is 15.7. The maximum Gasteiger partial charge on any atom is 0.142 e. The van der Waals surface area contributed by atoms with Crippen LogP contribution in [-0.4, -0.2) is 38.3 Å². The van der Waals surface area contributed by atoms with Gasteiger partial charge in [0.1, 0.15) is 5.82 Å². The summed E-state index contributed by atoms with van der Waals surface area (Å²) < 4.78 is 18.9. The Balaban J connectivity index is 2.12. The van der Waals surface area contributed by atoms with E-state index in [1.54, 1.807) is 13.2 Å². The fraction of sp³-hybridized carbons (Fsp3) is 0.600. The first-order valence-electron chi connectivity index (χ1n) is 7.03. The van der Waals surface area contributed by atoms with E-state index in [4.69, 9.17) is 22.1 Å². The highest BCUT2D eigenvalue weighted by Crippen LogP contribution is 2.28. The summed E-state index contributed by atoms with van der Waals surface area (Å²) in [4.78, 5) is 2.33. The van der Waals surface area contributed by atoms with E-state index < -0.39 is 0 Å². The Morgan fingerprint density at radius 2 is 2.35 bits per heavy atom. The normalized spacial score (nSPS) is 21.9. The lowest BCUT2D eigenvalue weighted by molar-refractivity contribution is 0.0696. The summed E-state index contributed by atoms with van der Waals surface area (Å²) in [6, 6.07) is 5.01. The minimum absolute atomic E-state index is 0.0430. The van der Waals surface area contributed by atoms with Gasteiger partial charge in [0, 0.05) is 26.2 Å². The van der Waals surface area contributed by atoms with Gasteiger partial charge in [-0.05, 0) is 43.0 Å². The highest BCUT2D eigenvalue weighted by Gasteiger charge is 2.26. The molecule has 0 aromatic heterocycles. The van der Waals surface area contributed by atoms with E-state index in [0.29, 0.717) is 12.5 Å². The van der Waals surface area contributed by atoms with Gasteiger partial charge < -0.3 is 10.5 Å². The standard InChI is InChI=1S/C15H22ClFN2O/c1-20-10-11-3-2-6-19(9-11)15(8-18)12-4-5-13(16)14(17)7-12/h4-5,7,11,15H,2-3,6,8-10,18H2,1H3. The Kier molecular flexibility index (Phi) is 5.78. The van der Waals surface area contributed by atoms with Crippen molar-refractivity contribution in [2.24, 2.45) is 11.7 Å². The molecule has 0 radical (unpaired) electrons. The number of ether oxygens (including phenoxy) is 1. The molecule has 1 aromatic rings. The van der Waals surface area contributed by atoms with Crippen molar-refractivity contribution in [2.75, 3.05) is 33.4 Å². The third-order valence-electron chi connectivity index (χ3n) is 3.95. The SMILES string of the molecule is COCC1CCCN(C(CN)c2ccc(Cl)c(F)c2)C1. The summed E-state index contributed by atoms with van der Waals surface area (Å²) in [5, 5.41) is 0.153. The molecule has 0 aliphatic carbocycles. The van der Waals surface area contributed by atoms with Crippen LogP contribution in [0, 0.1) is 11.7 Å². The predicted molar refractivity (Wildman–Crippen MR) is 79.4 cm³/mol. The summed E-state index contributed by atoms with van der Waals surface area (Å²) >= 11 is 5.74. The molecular weight excluding hydrogens is 279 g/mol. The monoisotopic (exact) mass is 300 g/mol. The van der Waals surface area contributed by atoms with Crippen LogP contribution in [0.15, 0.2) is 18.2 Å². The molecule has 0 bridgehead atoms. The van der Waals surface area contributed by atoms with Gasteiger partial charge in [-0.25, -0.2) is 4.39 Å². The van der Waals surface area contributed by atoms with Gasteiger partial charge in [0.15, 0.2) is 0 Å². The van der Waals surface area contributed by atoms with E-state index in [-0.39, 0.29) is 16.9 Å². The van der Waals surface area contributed by atoms with Gasteiger partial charge >= 0.3 is 0 Å². The second-order valence-electron chi connectivity index (χ2n) is 5.38. The molecule has 1 saturated heterocycles. The zero-order chi connectivity index (χ0) is 14.5. The van der Waals surface area contributed by atoms with Crippen LogP contribution < -0.4 is 5.73 Å². The first-order valence-corrected chi connectivity index (χ1v) is 7.41. The molecule has 20 heavy (non-hydrogen) atoms. The number of piperidine rings is 1. The smallest absolute Gasteiger partial charge is 0.142 e. The van der Waals surface area contributed by atoms with Crippen LogP contribution in [0.1, 0.15) is 24.4 Å². The summed E-state index contributed by atoms with van der Waals surface area (Å²) in [5.41, 5.74) is 6.81. The summed E-state index contributed by atoms with van der Waals surface area (Å²) in [6.45, 7) is 3.18. The largest absolute Gasteiger partial charge is 0.384 e. The first-order chi connectivity index (χ1) is 9.65. The molecule has 2 N–H and O–H groups in total. The minimum Gasteiger partial charge on any atom is -0.384 e. The molecule has 3 nitrogen and oxygen atoms in total. The Hall–Kier alpha value is -0.680. The number of likely N-dealkylation sites (tertiary alicyclic amines) is 1. The zero-order valence-electron chi connectivity index (χ0n) is 11.8. The molecule has 1 fully saturated rings. The van der Waals surface area contributed by atoms with Crippen LogP contribution in [0.4, 0.5) is 4.39 Å². The quantitative estimate of drug-likeness (QED) is 0.909. The van der Waals surface area contributed by atoms with Crippen molar-refractivity contribution in [2.45, 2.75) is 18.9 Å². The minimum atomic E-state index is -0.381. The lowest BCUT2D eigenvalue weighted by atomic mass is 9.95. The molecule has 5 heteroatoms. The van der Waals surface area contributed by atoms with Gasteiger partial charge in [-0.2, -0.15) is 0 Å². The third kappa shape index (κ3) is 3.70. The van der Waals surface area contributed by atoms with Crippen molar-refractivity contribution in [1.29, 1.82) is 0 Å². The molecule has 0 amide bonds. The number of benzene rings is 1. The Morgan fingerprint density at radius 3 is 3.00 bits per heavy atom. The maximum atomic E-state index is 13.6. The molecule has 0 spiro atoms. The highest BCUT2D eigenvalue weighted by molar-refractivity contribution is 6.30. The molecule has 2 atom stereocenters. The lowest BCUT2D eigenvalue weighted by Crippen LogP contribution is -2.42. The van der Waals surface area contributed by atoms with E-state index in [1.165, 1.54) is 12.5 Å². The van der Waals surface area contributed by atoms with Gasteiger partial charge in [0.2, 0.25) is 0 Å². The Labute approximate surface area is 124 Å². The van der Waals surface area contributed by atoms with Crippen molar-refractivity contribution in [3.8, 4) is 0 Å². The van der Waals surface area contributed by atoms with Crippen LogP contribution in [0.2, 0.25) is 5.02 Å². The molecule has 1 heterocycles. The van der Waals surface area contributed by atoms with Crippen molar-refractivity contribution in [3.05, 3.63) is 34.6 Å². The third-order valence-corrected chi connectivity index (χ3v) is 4.25. The van der Waals surface area contributed by atoms with Crippen LogP contribution in [0.25, 0.3) is 0 Å². The van der Waals surface area contributed by atoms with Crippen molar-refractivity contribution in [3.63, 3.8) is 0 Å². The van der Waals surface area contributed by atoms with Gasteiger partial charge in [-0.1, -0.05) is 17.7 Å². The van der Waals surface area contributed by atoms with Crippen LogP contribution in [0.3, 0.4) is 0 Å². The van der Waals surface area contributed by atoms with Gasteiger partial charge in [-0.15, -0.1) is 0 Å². The highest BCUT2D eigenvalue weighted by atomic mass is 35.5. The van der Waals surface area contributed by atoms with Gasteiger partial charge in [-0.3, -0.25) is 4.90 Å². The Morgan fingerprint density at radius 1 is 1.55 bits per heavy atom. The molecule has 0 saturated carbocycles. The average molecular weight is 301 g/mol. The summed E-state index contributed by atoms with van der Waals surface area (Å²) in [7, 11) is 1.73. The molecule has 2 rings (SSSR count). The molecule has 1 aliphatic rings. The van der Waals surface area contributed by atoms with Crippen LogP contribution in [0.5, 0.6) is 0 Å². The topological polar surface area (TPSA) is 38.5 Å². The predicted octanol–water partition coefficient (Wildman–Crippen LogP) is 2.84. The molecule has 1 aromatic carbocycles. The molecular formula is C15H22ClFN2O. The van der Waals surface area contributed by atoms with Crippen molar-refractivity contribution in [1.82, 2.24) is 4.90 Å². The zero-order valence-corrected chi connectivity index (χ0v) is 12.6. The second kappa shape index (κ2) is 7.36. The van der Waals surface area contributed by atoms with Crippen molar-refractivity contribution >= 4 is 11.6 Å². The second-order valence-corrected chi connectivity index (χ2v) is 5.79. The Bertz CT molecular complexity index is 442. The van der Waals surface area contributed by atoms with E-state index in [9.17, 15) is 4.39 Å². The maximum absolute atomic E-state index is 13.6. The molecule has 112 valence electrons. The fourth-order valence-electron chi connectivity index (χ4n) is 2.97. The average Bonchev–Trinajstić information content (AvgIpc) is 2.44. The number of methoxy groups -OCH3 is 1. The van der Waals surface area contributed by atoms with Crippen molar-refractivity contribution < 1.29 is 9.13 Å².